The van der Waals surface area contributed by atoms with Gasteiger partial charge in [-0.05, 0) is 55.9 Å². The number of phenols is 1. The minimum atomic E-state index is -1.16. The lowest BCUT2D eigenvalue weighted by Gasteiger charge is -2.28. The third kappa shape index (κ3) is 4.43. The fraction of sp³-hybridized carbons (Fsp3) is 0.292. The number of rotatable bonds is 5. The molecule has 1 aliphatic rings. The van der Waals surface area contributed by atoms with Crippen molar-refractivity contribution in [3.63, 3.8) is 0 Å². The molecule has 0 saturated heterocycles. The summed E-state index contributed by atoms with van der Waals surface area (Å²) in [5.74, 6) is -3.71. The van der Waals surface area contributed by atoms with E-state index in [4.69, 9.17) is 0 Å². The highest BCUT2D eigenvalue weighted by Gasteiger charge is 2.24. The van der Waals surface area contributed by atoms with Crippen LogP contribution in [0.5, 0.6) is 5.75 Å². The van der Waals surface area contributed by atoms with Crippen molar-refractivity contribution >= 4 is 16.9 Å². The minimum Gasteiger partial charge on any atom is -0.503 e. The van der Waals surface area contributed by atoms with E-state index in [-0.39, 0.29) is 17.5 Å². The number of fused-ring (bicyclic) bond motifs is 1. The molecule has 2 heterocycles. The van der Waals surface area contributed by atoms with Gasteiger partial charge in [0.1, 0.15) is 5.69 Å². The highest BCUT2D eigenvalue weighted by molar-refractivity contribution is 5.94. The van der Waals surface area contributed by atoms with E-state index in [1.807, 2.05) is 29.1 Å². The first kappa shape index (κ1) is 21.9. The molecule has 10 heteroatoms. The summed E-state index contributed by atoms with van der Waals surface area (Å²) in [6.07, 6.45) is 8.79. The Morgan fingerprint density at radius 3 is 2.47 bits per heavy atom. The molecule has 0 unspecified atom stereocenters. The molecule has 0 aliphatic heterocycles. The Labute approximate surface area is 193 Å². The van der Waals surface area contributed by atoms with Crippen LogP contribution in [0.3, 0.4) is 0 Å². The molecule has 0 atom stereocenters. The van der Waals surface area contributed by atoms with E-state index in [9.17, 15) is 18.7 Å². The topological polar surface area (TPSA) is 106 Å². The van der Waals surface area contributed by atoms with E-state index in [2.05, 4.69) is 25.6 Å². The van der Waals surface area contributed by atoms with Gasteiger partial charge >= 0.3 is 0 Å². The van der Waals surface area contributed by atoms with Crippen molar-refractivity contribution < 1.29 is 18.7 Å². The van der Waals surface area contributed by atoms with Crippen molar-refractivity contribution in [3.05, 3.63) is 66.1 Å². The maximum Gasteiger partial charge on any atom is 0.251 e. The monoisotopic (exact) mass is 464 g/mol. The zero-order chi connectivity index (χ0) is 23.7. The molecule has 1 saturated carbocycles. The first-order chi connectivity index (χ1) is 16.5. The number of amides is 1. The standard InChI is InChI=1S/C24H22F2N6O2/c25-18-9-16(10-19(26)23(18)33)24(34)29-12-14-1-4-17(5-2-14)32-13-22(30-31-32)15-3-6-20-21(11-15)28-8-7-27-20/h3,6-11,13-14,17,33H,1-2,4-5,12H2,(H,29,34). The van der Waals surface area contributed by atoms with E-state index in [0.717, 1.165) is 60.1 Å². The molecule has 0 radical (unpaired) electrons. The van der Waals surface area contributed by atoms with Crippen molar-refractivity contribution in [1.29, 1.82) is 0 Å². The van der Waals surface area contributed by atoms with E-state index < -0.39 is 23.3 Å². The van der Waals surface area contributed by atoms with E-state index >= 15 is 0 Å². The predicted molar refractivity (Wildman–Crippen MR) is 120 cm³/mol. The molecule has 34 heavy (non-hydrogen) atoms. The summed E-state index contributed by atoms with van der Waals surface area (Å²) in [5.41, 5.74) is 3.17. The molecule has 0 bridgehead atoms. The molecule has 1 fully saturated rings. The Kier molecular flexibility index (Phi) is 5.87. The van der Waals surface area contributed by atoms with Gasteiger partial charge < -0.3 is 10.4 Å². The van der Waals surface area contributed by atoms with Gasteiger partial charge in [-0.2, -0.15) is 0 Å². The quantitative estimate of drug-likeness (QED) is 0.462. The lowest BCUT2D eigenvalue weighted by Crippen LogP contribution is -2.32. The van der Waals surface area contributed by atoms with Gasteiger partial charge in [0.15, 0.2) is 17.4 Å². The molecule has 2 aromatic carbocycles. The van der Waals surface area contributed by atoms with Crippen molar-refractivity contribution in [3.8, 4) is 17.0 Å². The van der Waals surface area contributed by atoms with Crippen LogP contribution in [-0.4, -0.2) is 42.5 Å². The maximum absolute atomic E-state index is 13.5. The highest BCUT2D eigenvalue weighted by atomic mass is 19.1. The van der Waals surface area contributed by atoms with E-state index in [1.165, 1.54) is 0 Å². The largest absolute Gasteiger partial charge is 0.503 e. The molecule has 1 aliphatic carbocycles. The Hall–Kier alpha value is -3.95. The minimum absolute atomic E-state index is 0.156. The first-order valence-corrected chi connectivity index (χ1v) is 11.1. The molecular formula is C24H22F2N6O2. The van der Waals surface area contributed by atoms with Crippen LogP contribution in [0.15, 0.2) is 48.9 Å². The Morgan fingerprint density at radius 1 is 1.03 bits per heavy atom. The normalized spacial score (nSPS) is 18.2. The van der Waals surface area contributed by atoms with Gasteiger partial charge in [0.25, 0.3) is 5.91 Å². The van der Waals surface area contributed by atoms with Crippen LogP contribution in [0.4, 0.5) is 8.78 Å². The zero-order valence-corrected chi connectivity index (χ0v) is 18.2. The van der Waals surface area contributed by atoms with Crippen LogP contribution in [0.2, 0.25) is 0 Å². The van der Waals surface area contributed by atoms with Gasteiger partial charge in [-0.1, -0.05) is 11.3 Å². The average Bonchev–Trinajstić information content (AvgIpc) is 3.36. The number of phenolic OH excluding ortho intramolecular Hbond substituents is 1. The van der Waals surface area contributed by atoms with Crippen LogP contribution < -0.4 is 5.32 Å². The fourth-order valence-electron chi connectivity index (χ4n) is 4.36. The highest BCUT2D eigenvalue weighted by Crippen LogP contribution is 2.32. The summed E-state index contributed by atoms with van der Waals surface area (Å²) in [6, 6.07) is 7.69. The van der Waals surface area contributed by atoms with Crippen LogP contribution in [0, 0.1) is 17.6 Å². The maximum atomic E-state index is 13.5. The Balaban J connectivity index is 1.16. The summed E-state index contributed by atoms with van der Waals surface area (Å²) >= 11 is 0. The summed E-state index contributed by atoms with van der Waals surface area (Å²) in [5, 5.41) is 20.6. The van der Waals surface area contributed by atoms with Gasteiger partial charge in [-0.15, -0.1) is 5.10 Å². The van der Waals surface area contributed by atoms with Gasteiger partial charge in [0.2, 0.25) is 0 Å². The third-order valence-corrected chi connectivity index (χ3v) is 6.30. The number of nitrogens with one attached hydrogen (secondary N) is 1. The number of hydrogen-bond donors (Lipinski definition) is 2. The van der Waals surface area contributed by atoms with Crippen LogP contribution >= 0.6 is 0 Å². The zero-order valence-electron chi connectivity index (χ0n) is 18.2. The lowest BCUT2D eigenvalue weighted by molar-refractivity contribution is 0.0940. The summed E-state index contributed by atoms with van der Waals surface area (Å²) in [6.45, 7) is 0.413. The van der Waals surface area contributed by atoms with Gasteiger partial charge in [0, 0.05) is 30.1 Å². The van der Waals surface area contributed by atoms with Crippen molar-refractivity contribution in [2.45, 2.75) is 31.7 Å². The first-order valence-electron chi connectivity index (χ1n) is 11.1. The van der Waals surface area contributed by atoms with E-state index in [1.54, 1.807) is 12.4 Å². The molecule has 5 rings (SSSR count). The van der Waals surface area contributed by atoms with Crippen LogP contribution in [0.1, 0.15) is 42.1 Å². The van der Waals surface area contributed by atoms with Gasteiger partial charge in [-0.25, -0.2) is 13.5 Å². The Bertz CT molecular complexity index is 1330. The molecule has 1 amide bonds. The van der Waals surface area contributed by atoms with E-state index in [0.29, 0.717) is 6.54 Å². The number of aromatic nitrogens is 5. The number of nitrogens with zero attached hydrogens (tertiary/aromatic N) is 5. The molecule has 4 aromatic rings. The Morgan fingerprint density at radius 2 is 1.74 bits per heavy atom. The second kappa shape index (κ2) is 9.12. The summed E-state index contributed by atoms with van der Waals surface area (Å²) in [4.78, 5) is 20.9. The molecule has 2 aromatic heterocycles. The van der Waals surface area contributed by atoms with Gasteiger partial charge in [-0.3, -0.25) is 14.8 Å². The average molecular weight is 464 g/mol. The van der Waals surface area contributed by atoms with Gasteiger partial charge in [0.05, 0.1) is 23.3 Å². The molecule has 8 nitrogen and oxygen atoms in total. The van der Waals surface area contributed by atoms with Crippen molar-refractivity contribution in [1.82, 2.24) is 30.3 Å². The number of aromatic hydroxyl groups is 1. The van der Waals surface area contributed by atoms with Crippen molar-refractivity contribution in [2.75, 3.05) is 6.54 Å². The fourth-order valence-corrected chi connectivity index (χ4v) is 4.36. The summed E-state index contributed by atoms with van der Waals surface area (Å²) in [7, 11) is 0. The number of halogens is 2. The SMILES string of the molecule is O=C(NCC1CCC(n2cc(-c3ccc4nccnc4c3)nn2)CC1)c1cc(F)c(O)c(F)c1. The lowest BCUT2D eigenvalue weighted by atomic mass is 9.86. The number of carbonyl (C=O) groups excluding carboxylic acids is 1. The van der Waals surface area contributed by atoms with Crippen LogP contribution in [-0.2, 0) is 0 Å². The number of hydrogen-bond acceptors (Lipinski definition) is 6. The van der Waals surface area contributed by atoms with Crippen LogP contribution in [0.25, 0.3) is 22.3 Å². The molecule has 174 valence electrons. The molecule has 2 N–H and O–H groups in total. The third-order valence-electron chi connectivity index (χ3n) is 6.30. The molecular weight excluding hydrogens is 442 g/mol. The second-order valence-corrected chi connectivity index (χ2v) is 8.52. The summed E-state index contributed by atoms with van der Waals surface area (Å²) < 4.78 is 28.9. The molecule has 0 spiro atoms. The number of benzene rings is 2. The second-order valence-electron chi connectivity index (χ2n) is 8.52. The smallest absolute Gasteiger partial charge is 0.251 e. The van der Waals surface area contributed by atoms with Crippen molar-refractivity contribution in [2.24, 2.45) is 5.92 Å². The number of carbonyl (C=O) groups is 1. The predicted octanol–water partition coefficient (Wildman–Crippen LogP) is 4.03.